The van der Waals surface area contributed by atoms with Crippen LogP contribution in [-0.2, 0) is 4.79 Å². The Labute approximate surface area is 95.4 Å². The minimum atomic E-state index is -0.450. The van der Waals surface area contributed by atoms with Gasteiger partial charge in [0.05, 0.1) is 4.32 Å². The van der Waals surface area contributed by atoms with E-state index in [1.54, 1.807) is 0 Å². The molecular weight excluding hydrogens is 244 g/mol. The lowest BCUT2D eigenvalue weighted by molar-refractivity contribution is -0.122. The molecule has 1 amide bonds. The van der Waals surface area contributed by atoms with Gasteiger partial charge in [-0.2, -0.15) is 0 Å². The average Bonchev–Trinajstić information content (AvgIpc) is 2.01. The normalized spacial score (nSPS) is 11.9. The zero-order valence-corrected chi connectivity index (χ0v) is 11.1. The molecule has 0 aromatic heterocycles. The van der Waals surface area contributed by atoms with Gasteiger partial charge < -0.3 is 10.2 Å². The molecule has 4 heteroatoms. The van der Waals surface area contributed by atoms with Gasteiger partial charge in [-0.1, -0.05) is 15.9 Å². The minimum Gasteiger partial charge on any atom is -0.355 e. The van der Waals surface area contributed by atoms with E-state index in [-0.39, 0.29) is 5.91 Å². The molecule has 0 aromatic carbocycles. The van der Waals surface area contributed by atoms with Crippen molar-refractivity contribution in [2.75, 3.05) is 27.2 Å². The first-order valence-electron chi connectivity index (χ1n) is 4.96. The average molecular weight is 265 g/mol. The Morgan fingerprint density at radius 1 is 1.36 bits per heavy atom. The molecule has 0 aromatic rings. The predicted molar refractivity (Wildman–Crippen MR) is 63.8 cm³/mol. The van der Waals surface area contributed by atoms with E-state index in [0.29, 0.717) is 0 Å². The maximum absolute atomic E-state index is 11.4. The van der Waals surface area contributed by atoms with E-state index in [9.17, 15) is 4.79 Å². The standard InChI is InChI=1S/C10H21BrN2O/c1-10(2,11)9(14)12-7-5-6-8-13(3)4/h5-8H2,1-4H3,(H,12,14). The first-order chi connectivity index (χ1) is 6.34. The molecule has 0 saturated carbocycles. The number of amides is 1. The first kappa shape index (κ1) is 13.9. The molecule has 0 aliphatic rings. The van der Waals surface area contributed by atoms with Gasteiger partial charge in [-0.3, -0.25) is 4.79 Å². The molecule has 1 N–H and O–H groups in total. The van der Waals surface area contributed by atoms with Crippen LogP contribution in [-0.4, -0.2) is 42.3 Å². The number of hydrogen-bond acceptors (Lipinski definition) is 2. The van der Waals surface area contributed by atoms with Crippen molar-refractivity contribution in [1.82, 2.24) is 10.2 Å². The Hall–Kier alpha value is -0.0900. The molecule has 0 unspecified atom stereocenters. The number of alkyl halides is 1. The summed E-state index contributed by atoms with van der Waals surface area (Å²) in [6.45, 7) is 5.54. The summed E-state index contributed by atoms with van der Waals surface area (Å²) in [7, 11) is 4.11. The van der Waals surface area contributed by atoms with Crippen LogP contribution in [0.25, 0.3) is 0 Å². The summed E-state index contributed by atoms with van der Waals surface area (Å²) in [6, 6.07) is 0. The number of hydrogen-bond donors (Lipinski definition) is 1. The molecule has 0 rings (SSSR count). The molecule has 0 atom stereocenters. The Morgan fingerprint density at radius 2 is 1.93 bits per heavy atom. The van der Waals surface area contributed by atoms with Gasteiger partial charge in [-0.05, 0) is 47.3 Å². The Balaban J connectivity index is 3.42. The summed E-state index contributed by atoms with van der Waals surface area (Å²) in [4.78, 5) is 13.5. The highest BCUT2D eigenvalue weighted by Gasteiger charge is 2.22. The van der Waals surface area contributed by atoms with E-state index < -0.39 is 4.32 Å². The van der Waals surface area contributed by atoms with Gasteiger partial charge in [0.1, 0.15) is 0 Å². The van der Waals surface area contributed by atoms with E-state index in [4.69, 9.17) is 0 Å². The number of nitrogens with zero attached hydrogens (tertiary/aromatic N) is 1. The van der Waals surface area contributed by atoms with Crippen LogP contribution >= 0.6 is 15.9 Å². The van der Waals surface area contributed by atoms with Gasteiger partial charge >= 0.3 is 0 Å². The number of halogens is 1. The fourth-order valence-corrected chi connectivity index (χ4v) is 1.11. The smallest absolute Gasteiger partial charge is 0.236 e. The summed E-state index contributed by atoms with van der Waals surface area (Å²) in [5.74, 6) is 0.0577. The largest absolute Gasteiger partial charge is 0.355 e. The number of nitrogens with one attached hydrogen (secondary N) is 1. The van der Waals surface area contributed by atoms with Crippen molar-refractivity contribution < 1.29 is 4.79 Å². The van der Waals surface area contributed by atoms with E-state index in [1.807, 2.05) is 13.8 Å². The molecule has 0 radical (unpaired) electrons. The van der Waals surface area contributed by atoms with E-state index in [0.717, 1.165) is 25.9 Å². The lowest BCUT2D eigenvalue weighted by Crippen LogP contribution is -2.38. The number of carbonyl (C=O) groups excluding carboxylic acids is 1. The van der Waals surface area contributed by atoms with Crippen molar-refractivity contribution in [3.8, 4) is 0 Å². The summed E-state index contributed by atoms with van der Waals surface area (Å²) < 4.78 is -0.450. The van der Waals surface area contributed by atoms with Crippen molar-refractivity contribution in [3.05, 3.63) is 0 Å². The number of rotatable bonds is 6. The van der Waals surface area contributed by atoms with Gasteiger partial charge in [0.2, 0.25) is 5.91 Å². The maximum Gasteiger partial charge on any atom is 0.236 e. The molecule has 0 bridgehead atoms. The zero-order chi connectivity index (χ0) is 11.2. The fourth-order valence-electron chi connectivity index (χ4n) is 0.965. The molecule has 14 heavy (non-hydrogen) atoms. The Morgan fingerprint density at radius 3 is 2.36 bits per heavy atom. The van der Waals surface area contributed by atoms with Crippen molar-refractivity contribution in [1.29, 1.82) is 0 Å². The molecule has 0 fully saturated rings. The van der Waals surface area contributed by atoms with Gasteiger partial charge in [0.25, 0.3) is 0 Å². The van der Waals surface area contributed by atoms with Crippen molar-refractivity contribution in [2.24, 2.45) is 0 Å². The monoisotopic (exact) mass is 264 g/mol. The van der Waals surface area contributed by atoms with Gasteiger partial charge in [-0.25, -0.2) is 0 Å². The summed E-state index contributed by atoms with van der Waals surface area (Å²) in [5.41, 5.74) is 0. The summed E-state index contributed by atoms with van der Waals surface area (Å²) >= 11 is 3.32. The molecular formula is C10H21BrN2O. The molecule has 0 heterocycles. The van der Waals surface area contributed by atoms with Crippen LogP contribution in [0.5, 0.6) is 0 Å². The van der Waals surface area contributed by atoms with Crippen LogP contribution in [0, 0.1) is 0 Å². The van der Waals surface area contributed by atoms with Crippen LogP contribution in [0.15, 0.2) is 0 Å². The topological polar surface area (TPSA) is 32.3 Å². The van der Waals surface area contributed by atoms with Crippen molar-refractivity contribution in [2.45, 2.75) is 31.0 Å². The molecule has 84 valence electrons. The fraction of sp³-hybridized carbons (Fsp3) is 0.900. The SMILES string of the molecule is CN(C)CCCCNC(=O)C(C)(C)Br. The maximum atomic E-state index is 11.4. The van der Waals surface area contributed by atoms with Crippen LogP contribution < -0.4 is 5.32 Å². The quantitative estimate of drug-likeness (QED) is 0.584. The predicted octanol–water partition coefficient (Wildman–Crippen LogP) is 1.62. The lowest BCUT2D eigenvalue weighted by atomic mass is 10.2. The number of carbonyl (C=O) groups is 1. The highest BCUT2D eigenvalue weighted by Crippen LogP contribution is 2.14. The molecule has 0 saturated heterocycles. The highest BCUT2D eigenvalue weighted by molar-refractivity contribution is 9.10. The van der Waals surface area contributed by atoms with Gasteiger partial charge in [-0.15, -0.1) is 0 Å². The third-order valence-electron chi connectivity index (χ3n) is 1.86. The molecule has 0 spiro atoms. The lowest BCUT2D eigenvalue weighted by Gasteiger charge is -2.16. The molecule has 3 nitrogen and oxygen atoms in total. The van der Waals surface area contributed by atoms with Gasteiger partial charge in [0.15, 0.2) is 0 Å². The number of unbranched alkanes of at least 4 members (excludes halogenated alkanes) is 1. The molecule has 0 aliphatic carbocycles. The summed E-state index contributed by atoms with van der Waals surface area (Å²) in [6.07, 6.45) is 2.16. The second-order valence-corrected chi connectivity index (χ2v) is 6.22. The third-order valence-corrected chi connectivity index (χ3v) is 2.22. The second kappa shape index (κ2) is 6.40. The highest BCUT2D eigenvalue weighted by atomic mass is 79.9. The Bertz CT molecular complexity index is 175. The van der Waals surface area contributed by atoms with E-state index in [2.05, 4.69) is 40.2 Å². The van der Waals surface area contributed by atoms with Crippen molar-refractivity contribution >= 4 is 21.8 Å². The summed E-state index contributed by atoms with van der Waals surface area (Å²) in [5, 5.41) is 2.89. The van der Waals surface area contributed by atoms with Crippen LogP contribution in [0.3, 0.4) is 0 Å². The van der Waals surface area contributed by atoms with Crippen LogP contribution in [0.1, 0.15) is 26.7 Å². The van der Waals surface area contributed by atoms with E-state index in [1.165, 1.54) is 0 Å². The molecule has 0 aliphatic heterocycles. The third kappa shape index (κ3) is 7.33. The van der Waals surface area contributed by atoms with Crippen LogP contribution in [0.2, 0.25) is 0 Å². The minimum absolute atomic E-state index is 0.0577. The second-order valence-electron chi connectivity index (χ2n) is 4.24. The Kier molecular flexibility index (Phi) is 6.36. The van der Waals surface area contributed by atoms with Crippen LogP contribution in [0.4, 0.5) is 0 Å². The zero-order valence-electron chi connectivity index (χ0n) is 9.56. The van der Waals surface area contributed by atoms with Crippen molar-refractivity contribution in [3.63, 3.8) is 0 Å². The van der Waals surface area contributed by atoms with Gasteiger partial charge in [0, 0.05) is 6.54 Å². The van der Waals surface area contributed by atoms with E-state index >= 15 is 0 Å². The first-order valence-corrected chi connectivity index (χ1v) is 5.75.